The molecule has 1 aromatic rings. The third-order valence-electron chi connectivity index (χ3n) is 3.36. The molecule has 2 unspecified atom stereocenters. The number of pyridine rings is 1. The Hall–Kier alpha value is -0.610. The molecule has 1 fully saturated rings. The molecule has 0 radical (unpaired) electrons. The molecule has 1 aliphatic rings. The molecule has 0 spiro atoms. The van der Waals surface area contributed by atoms with Gasteiger partial charge in [-0.05, 0) is 47.3 Å². The van der Waals surface area contributed by atoms with E-state index in [0.29, 0.717) is 0 Å². The van der Waals surface area contributed by atoms with Crippen LogP contribution in [0.25, 0.3) is 0 Å². The van der Waals surface area contributed by atoms with Crippen LogP contribution in [0, 0.1) is 6.92 Å². The van der Waals surface area contributed by atoms with Gasteiger partial charge in [-0.2, -0.15) is 0 Å². The van der Waals surface area contributed by atoms with Crippen LogP contribution in [-0.2, 0) is 0 Å². The van der Waals surface area contributed by atoms with Gasteiger partial charge < -0.3 is 10.4 Å². The number of aryl methyl sites for hydroxylation is 1. The minimum Gasteiger partial charge on any atom is -0.391 e. The molecule has 1 saturated carbocycles. The summed E-state index contributed by atoms with van der Waals surface area (Å²) in [5.74, 6) is 0.858. The normalized spacial score (nSPS) is 25.4. The van der Waals surface area contributed by atoms with Crippen molar-refractivity contribution in [3.8, 4) is 0 Å². The first kappa shape index (κ1) is 12.8. The first-order valence-electron chi connectivity index (χ1n) is 6.23. The topological polar surface area (TPSA) is 45.1 Å². The molecule has 2 rings (SSSR count). The summed E-state index contributed by atoms with van der Waals surface area (Å²) in [5.41, 5.74) is 1.16. The van der Waals surface area contributed by atoms with Crippen LogP contribution >= 0.6 is 15.9 Å². The van der Waals surface area contributed by atoms with Gasteiger partial charge in [-0.15, -0.1) is 0 Å². The molecule has 1 aliphatic carbocycles. The zero-order valence-corrected chi connectivity index (χ0v) is 11.7. The van der Waals surface area contributed by atoms with Crippen molar-refractivity contribution < 1.29 is 5.11 Å². The van der Waals surface area contributed by atoms with Crippen LogP contribution in [0.4, 0.5) is 5.82 Å². The standard InChI is InChI=1S/C13H19BrN2O/c1-9-7-13(15-8-10(9)14)16-11-5-3-2-4-6-12(11)17/h7-8,11-12,17H,2-6H2,1H3,(H,15,16). The molecule has 94 valence electrons. The molecule has 0 aromatic carbocycles. The summed E-state index contributed by atoms with van der Waals surface area (Å²) in [4.78, 5) is 4.33. The molecular formula is C13H19BrN2O. The zero-order valence-electron chi connectivity index (χ0n) is 10.1. The van der Waals surface area contributed by atoms with Gasteiger partial charge in [-0.25, -0.2) is 4.98 Å². The average Bonchev–Trinajstić information content (AvgIpc) is 2.50. The minimum absolute atomic E-state index is 0.144. The maximum Gasteiger partial charge on any atom is 0.126 e. The fourth-order valence-electron chi connectivity index (χ4n) is 2.26. The zero-order chi connectivity index (χ0) is 12.3. The van der Waals surface area contributed by atoms with Crippen LogP contribution in [0.15, 0.2) is 16.7 Å². The molecule has 2 N–H and O–H groups in total. The van der Waals surface area contributed by atoms with Gasteiger partial charge in [0.1, 0.15) is 5.82 Å². The Kier molecular flexibility index (Phi) is 4.40. The highest BCUT2D eigenvalue weighted by molar-refractivity contribution is 9.10. The lowest BCUT2D eigenvalue weighted by molar-refractivity contribution is 0.144. The monoisotopic (exact) mass is 298 g/mol. The largest absolute Gasteiger partial charge is 0.391 e. The van der Waals surface area contributed by atoms with Crippen molar-refractivity contribution in [2.45, 2.75) is 51.2 Å². The lowest BCUT2D eigenvalue weighted by atomic mass is 10.1. The molecule has 0 aliphatic heterocycles. The van der Waals surface area contributed by atoms with Crippen molar-refractivity contribution in [3.05, 3.63) is 22.3 Å². The molecular weight excluding hydrogens is 280 g/mol. The fourth-order valence-corrected chi connectivity index (χ4v) is 2.48. The van der Waals surface area contributed by atoms with Gasteiger partial charge in [0.05, 0.1) is 12.1 Å². The summed E-state index contributed by atoms with van der Waals surface area (Å²) in [6.45, 7) is 2.04. The summed E-state index contributed by atoms with van der Waals surface area (Å²) < 4.78 is 1.02. The number of aromatic nitrogens is 1. The van der Waals surface area contributed by atoms with Gasteiger partial charge in [0.25, 0.3) is 0 Å². The number of rotatable bonds is 2. The van der Waals surface area contributed by atoms with Crippen molar-refractivity contribution in [1.29, 1.82) is 0 Å². The van der Waals surface area contributed by atoms with Gasteiger partial charge >= 0.3 is 0 Å². The van der Waals surface area contributed by atoms with E-state index in [2.05, 4.69) is 26.2 Å². The number of aliphatic hydroxyl groups excluding tert-OH is 1. The van der Waals surface area contributed by atoms with E-state index in [0.717, 1.165) is 35.1 Å². The molecule has 0 saturated heterocycles. The number of halogens is 1. The molecule has 0 bridgehead atoms. The van der Waals surface area contributed by atoms with E-state index in [1.54, 1.807) is 6.20 Å². The highest BCUT2D eigenvalue weighted by atomic mass is 79.9. The number of nitrogens with one attached hydrogen (secondary N) is 1. The first-order chi connectivity index (χ1) is 8.16. The van der Waals surface area contributed by atoms with Gasteiger partial charge in [-0.1, -0.05) is 19.3 Å². The maximum atomic E-state index is 10.0. The fraction of sp³-hybridized carbons (Fsp3) is 0.615. The van der Waals surface area contributed by atoms with E-state index >= 15 is 0 Å². The van der Waals surface area contributed by atoms with Crippen LogP contribution in [0.2, 0.25) is 0 Å². The Balaban J connectivity index is 2.05. The van der Waals surface area contributed by atoms with Crippen LogP contribution in [0.3, 0.4) is 0 Å². The van der Waals surface area contributed by atoms with Crippen molar-refractivity contribution in [3.63, 3.8) is 0 Å². The van der Waals surface area contributed by atoms with E-state index < -0.39 is 0 Å². The quantitative estimate of drug-likeness (QED) is 0.824. The molecule has 1 aromatic heterocycles. The SMILES string of the molecule is Cc1cc(NC2CCCCCC2O)ncc1Br. The van der Waals surface area contributed by atoms with Crippen molar-refractivity contribution in [2.24, 2.45) is 0 Å². The minimum atomic E-state index is -0.247. The van der Waals surface area contributed by atoms with E-state index in [-0.39, 0.29) is 12.1 Å². The second-order valence-corrected chi connectivity index (χ2v) is 5.63. The highest BCUT2D eigenvalue weighted by Gasteiger charge is 2.21. The Bertz CT molecular complexity index is 384. The van der Waals surface area contributed by atoms with Crippen LogP contribution < -0.4 is 5.32 Å². The lowest BCUT2D eigenvalue weighted by Crippen LogP contribution is -2.32. The van der Waals surface area contributed by atoms with E-state index in [1.807, 2.05) is 13.0 Å². The second-order valence-electron chi connectivity index (χ2n) is 4.77. The number of anilines is 1. The average molecular weight is 299 g/mol. The number of hydrogen-bond donors (Lipinski definition) is 2. The number of aliphatic hydroxyl groups is 1. The Morgan fingerprint density at radius 3 is 2.88 bits per heavy atom. The smallest absolute Gasteiger partial charge is 0.126 e. The number of nitrogens with zero attached hydrogens (tertiary/aromatic N) is 1. The Labute approximate surface area is 111 Å². The molecule has 4 heteroatoms. The van der Waals surface area contributed by atoms with E-state index in [4.69, 9.17) is 0 Å². The Morgan fingerprint density at radius 2 is 2.12 bits per heavy atom. The predicted molar refractivity (Wildman–Crippen MR) is 73.2 cm³/mol. The lowest BCUT2D eigenvalue weighted by Gasteiger charge is -2.22. The van der Waals surface area contributed by atoms with Crippen molar-refractivity contribution in [1.82, 2.24) is 4.98 Å². The summed E-state index contributed by atoms with van der Waals surface area (Å²) in [6, 6.07) is 2.16. The van der Waals surface area contributed by atoms with Crippen LogP contribution in [-0.4, -0.2) is 22.2 Å². The van der Waals surface area contributed by atoms with Gasteiger partial charge in [0.15, 0.2) is 0 Å². The molecule has 1 heterocycles. The third kappa shape index (κ3) is 3.42. The molecule has 2 atom stereocenters. The van der Waals surface area contributed by atoms with Gasteiger partial charge in [0, 0.05) is 10.7 Å². The second kappa shape index (κ2) is 5.83. The van der Waals surface area contributed by atoms with Gasteiger partial charge in [-0.3, -0.25) is 0 Å². The highest BCUT2D eigenvalue weighted by Crippen LogP contribution is 2.23. The Morgan fingerprint density at radius 1 is 1.35 bits per heavy atom. The number of hydrogen-bond acceptors (Lipinski definition) is 3. The van der Waals surface area contributed by atoms with Crippen molar-refractivity contribution >= 4 is 21.7 Å². The summed E-state index contributed by atoms with van der Waals surface area (Å²) >= 11 is 3.44. The predicted octanol–water partition coefficient (Wildman–Crippen LogP) is 3.26. The van der Waals surface area contributed by atoms with E-state index in [1.165, 1.54) is 12.8 Å². The van der Waals surface area contributed by atoms with E-state index in [9.17, 15) is 5.11 Å². The summed E-state index contributed by atoms with van der Waals surface area (Å²) in [7, 11) is 0. The molecule has 0 amide bonds. The van der Waals surface area contributed by atoms with Crippen molar-refractivity contribution in [2.75, 3.05) is 5.32 Å². The summed E-state index contributed by atoms with van der Waals surface area (Å²) in [6.07, 6.45) is 7.02. The van der Waals surface area contributed by atoms with Crippen LogP contribution in [0.1, 0.15) is 37.7 Å². The van der Waals surface area contributed by atoms with Gasteiger partial charge in [0.2, 0.25) is 0 Å². The summed E-state index contributed by atoms with van der Waals surface area (Å²) in [5, 5.41) is 13.4. The third-order valence-corrected chi connectivity index (χ3v) is 4.19. The van der Waals surface area contributed by atoms with Crippen LogP contribution in [0.5, 0.6) is 0 Å². The molecule has 17 heavy (non-hydrogen) atoms. The molecule has 3 nitrogen and oxygen atoms in total. The first-order valence-corrected chi connectivity index (χ1v) is 7.03. The maximum absolute atomic E-state index is 10.0.